The zero-order chi connectivity index (χ0) is 16.0. The Hall–Kier alpha value is -2.28. The summed E-state index contributed by atoms with van der Waals surface area (Å²) < 4.78 is 2.55. The van der Waals surface area contributed by atoms with Crippen LogP contribution in [0, 0.1) is 0 Å². The van der Waals surface area contributed by atoms with Crippen molar-refractivity contribution in [2.24, 2.45) is 0 Å². The molecule has 2 aromatic carbocycles. The molecule has 0 fully saturated rings. The number of aryl methyl sites for hydroxylation is 1. The Balaban J connectivity index is 2.01. The molecule has 0 saturated heterocycles. The normalized spacial score (nSPS) is 13.5. The van der Waals surface area contributed by atoms with Crippen molar-refractivity contribution in [1.82, 2.24) is 4.57 Å². The van der Waals surface area contributed by atoms with Crippen LogP contribution < -0.4 is 0 Å². The van der Waals surface area contributed by atoms with E-state index >= 15 is 0 Å². The maximum atomic E-state index is 2.55. The predicted molar refractivity (Wildman–Crippen MR) is 97.7 cm³/mol. The average molecular weight is 301 g/mol. The first-order valence-corrected chi connectivity index (χ1v) is 8.44. The van der Waals surface area contributed by atoms with Crippen molar-refractivity contribution in [3.05, 3.63) is 71.9 Å². The largest absolute Gasteiger partial charge is 0.339 e. The molecule has 3 aromatic rings. The molecule has 0 amide bonds. The van der Waals surface area contributed by atoms with Crippen molar-refractivity contribution in [3.8, 4) is 22.4 Å². The molecular weight excluding hydrogens is 278 g/mol. The second-order valence-corrected chi connectivity index (χ2v) is 7.42. The molecule has 1 aliphatic carbocycles. The molecule has 0 radical (unpaired) electrons. The Labute approximate surface area is 138 Å². The molecule has 0 aliphatic heterocycles. The van der Waals surface area contributed by atoms with Crippen LogP contribution in [0.2, 0.25) is 0 Å². The summed E-state index contributed by atoms with van der Waals surface area (Å²) in [5.74, 6) is 0. The van der Waals surface area contributed by atoms with Crippen LogP contribution in [0.4, 0.5) is 0 Å². The topological polar surface area (TPSA) is 4.93 Å². The highest BCUT2D eigenvalue weighted by molar-refractivity contribution is 5.78. The summed E-state index contributed by atoms with van der Waals surface area (Å²) in [5.41, 5.74) is 8.50. The van der Waals surface area contributed by atoms with Crippen LogP contribution in [0.25, 0.3) is 22.4 Å². The molecule has 0 bridgehead atoms. The van der Waals surface area contributed by atoms with Gasteiger partial charge < -0.3 is 4.57 Å². The van der Waals surface area contributed by atoms with Crippen molar-refractivity contribution >= 4 is 0 Å². The van der Waals surface area contributed by atoms with Crippen LogP contribution >= 0.6 is 0 Å². The molecule has 1 aromatic heterocycles. The fraction of sp³-hybridized carbons (Fsp3) is 0.273. The quantitative estimate of drug-likeness (QED) is 0.545. The maximum Gasteiger partial charge on any atom is 0.0493 e. The summed E-state index contributed by atoms with van der Waals surface area (Å²) in [4.78, 5) is 0. The van der Waals surface area contributed by atoms with E-state index in [-0.39, 0.29) is 5.54 Å². The molecule has 0 saturated carbocycles. The average Bonchev–Trinajstić information content (AvgIpc) is 2.96. The monoisotopic (exact) mass is 301 g/mol. The summed E-state index contributed by atoms with van der Waals surface area (Å²) in [5, 5.41) is 0. The summed E-state index contributed by atoms with van der Waals surface area (Å²) >= 11 is 0. The second kappa shape index (κ2) is 5.13. The number of aromatic nitrogens is 1. The number of hydrogen-bond acceptors (Lipinski definition) is 0. The molecule has 0 spiro atoms. The van der Waals surface area contributed by atoms with Crippen LogP contribution in [0.3, 0.4) is 0 Å². The maximum absolute atomic E-state index is 2.55. The lowest BCUT2D eigenvalue weighted by Crippen LogP contribution is -2.26. The Bertz CT molecular complexity index is 847. The van der Waals surface area contributed by atoms with E-state index in [4.69, 9.17) is 0 Å². The standard InChI is InChI=1S/C22H23N/c1-22(2,3)23-20-14-13-16-9-7-8-12-18(16)19(20)15-21(23)17-10-5-4-6-11-17/h4-12,15H,13-14H2,1-3H3. The van der Waals surface area contributed by atoms with Gasteiger partial charge in [-0.2, -0.15) is 0 Å². The number of hydrogen-bond donors (Lipinski definition) is 0. The summed E-state index contributed by atoms with van der Waals surface area (Å²) in [6, 6.07) is 22.0. The molecule has 116 valence electrons. The van der Waals surface area contributed by atoms with Gasteiger partial charge in [0.05, 0.1) is 0 Å². The minimum Gasteiger partial charge on any atom is -0.339 e. The minimum absolute atomic E-state index is 0.0744. The van der Waals surface area contributed by atoms with E-state index in [0.29, 0.717) is 0 Å². The smallest absolute Gasteiger partial charge is 0.0493 e. The molecule has 0 unspecified atom stereocenters. The van der Waals surface area contributed by atoms with Crippen molar-refractivity contribution in [2.75, 3.05) is 0 Å². The second-order valence-electron chi connectivity index (χ2n) is 7.42. The fourth-order valence-corrected chi connectivity index (χ4v) is 3.87. The number of nitrogens with zero attached hydrogens (tertiary/aromatic N) is 1. The zero-order valence-electron chi connectivity index (χ0n) is 14.1. The minimum atomic E-state index is 0.0744. The number of benzene rings is 2. The molecular formula is C22H23N. The van der Waals surface area contributed by atoms with Crippen LogP contribution in [0.5, 0.6) is 0 Å². The van der Waals surface area contributed by atoms with Gasteiger partial charge in [-0.1, -0.05) is 54.6 Å². The molecule has 1 heterocycles. The Morgan fingerprint density at radius 3 is 2.22 bits per heavy atom. The fourth-order valence-electron chi connectivity index (χ4n) is 3.87. The van der Waals surface area contributed by atoms with Gasteiger partial charge in [-0.05, 0) is 56.4 Å². The van der Waals surface area contributed by atoms with Crippen LogP contribution in [0.15, 0.2) is 60.7 Å². The van der Waals surface area contributed by atoms with Crippen molar-refractivity contribution < 1.29 is 0 Å². The van der Waals surface area contributed by atoms with E-state index in [9.17, 15) is 0 Å². The predicted octanol–water partition coefficient (Wildman–Crippen LogP) is 5.68. The highest BCUT2D eigenvalue weighted by atomic mass is 15.1. The van der Waals surface area contributed by atoms with E-state index in [1.807, 2.05) is 0 Å². The van der Waals surface area contributed by atoms with Crippen LogP contribution in [-0.4, -0.2) is 4.57 Å². The molecule has 23 heavy (non-hydrogen) atoms. The lowest BCUT2D eigenvalue weighted by Gasteiger charge is -2.29. The number of fused-ring (bicyclic) bond motifs is 3. The molecule has 1 nitrogen and oxygen atoms in total. The van der Waals surface area contributed by atoms with Gasteiger partial charge in [0.2, 0.25) is 0 Å². The number of rotatable bonds is 1. The van der Waals surface area contributed by atoms with Gasteiger partial charge in [0.1, 0.15) is 0 Å². The van der Waals surface area contributed by atoms with Gasteiger partial charge in [-0.15, -0.1) is 0 Å². The molecule has 0 atom stereocenters. The van der Waals surface area contributed by atoms with Crippen molar-refractivity contribution in [1.29, 1.82) is 0 Å². The summed E-state index contributed by atoms with van der Waals surface area (Å²) in [6.07, 6.45) is 2.26. The third-order valence-electron chi connectivity index (χ3n) is 4.78. The lowest BCUT2D eigenvalue weighted by atomic mass is 9.89. The van der Waals surface area contributed by atoms with Crippen molar-refractivity contribution in [3.63, 3.8) is 0 Å². The van der Waals surface area contributed by atoms with Gasteiger partial charge in [-0.3, -0.25) is 0 Å². The summed E-state index contributed by atoms with van der Waals surface area (Å²) in [6.45, 7) is 6.92. The van der Waals surface area contributed by atoms with Gasteiger partial charge in [0.25, 0.3) is 0 Å². The van der Waals surface area contributed by atoms with E-state index < -0.39 is 0 Å². The van der Waals surface area contributed by atoms with Crippen LogP contribution in [0.1, 0.15) is 32.0 Å². The third-order valence-corrected chi connectivity index (χ3v) is 4.78. The third kappa shape index (κ3) is 2.31. The van der Waals surface area contributed by atoms with Gasteiger partial charge in [0, 0.05) is 22.5 Å². The van der Waals surface area contributed by atoms with Gasteiger partial charge >= 0.3 is 0 Å². The van der Waals surface area contributed by atoms with Crippen molar-refractivity contribution in [2.45, 2.75) is 39.2 Å². The Morgan fingerprint density at radius 1 is 0.783 bits per heavy atom. The Kier molecular flexibility index (Phi) is 3.19. The summed E-state index contributed by atoms with van der Waals surface area (Å²) in [7, 11) is 0. The first kappa shape index (κ1) is 14.3. The lowest BCUT2D eigenvalue weighted by molar-refractivity contribution is 0.390. The highest BCUT2D eigenvalue weighted by Crippen LogP contribution is 2.41. The van der Waals surface area contributed by atoms with Crippen LogP contribution in [-0.2, 0) is 18.4 Å². The van der Waals surface area contributed by atoms with E-state index in [1.165, 1.54) is 33.6 Å². The molecule has 0 N–H and O–H groups in total. The van der Waals surface area contributed by atoms with Gasteiger partial charge in [-0.25, -0.2) is 0 Å². The Morgan fingerprint density at radius 2 is 1.48 bits per heavy atom. The van der Waals surface area contributed by atoms with E-state index in [0.717, 1.165) is 12.8 Å². The molecule has 1 aliphatic rings. The first-order valence-electron chi connectivity index (χ1n) is 8.44. The molecule has 1 heteroatoms. The van der Waals surface area contributed by atoms with E-state index in [2.05, 4.69) is 86.0 Å². The van der Waals surface area contributed by atoms with Gasteiger partial charge in [0.15, 0.2) is 0 Å². The zero-order valence-corrected chi connectivity index (χ0v) is 14.1. The first-order chi connectivity index (χ1) is 11.1. The molecule has 4 rings (SSSR count). The SMILES string of the molecule is CC(C)(C)n1c(-c2ccccc2)cc2c1CCc1ccccc1-2. The van der Waals surface area contributed by atoms with E-state index in [1.54, 1.807) is 0 Å². The highest BCUT2D eigenvalue weighted by Gasteiger charge is 2.27.